The van der Waals surface area contributed by atoms with Crippen LogP contribution in [0.1, 0.15) is 52.9 Å². The average molecular weight is 263 g/mol. The maximum Gasteiger partial charge on any atom is 0.226 e. The number of aromatic nitrogens is 2. The first-order chi connectivity index (χ1) is 9.17. The van der Waals surface area contributed by atoms with Gasteiger partial charge in [0.15, 0.2) is 0 Å². The molecule has 1 aromatic rings. The first kappa shape index (κ1) is 14.1. The van der Waals surface area contributed by atoms with E-state index in [2.05, 4.69) is 22.2 Å². The topological polar surface area (TPSA) is 47.0 Å². The van der Waals surface area contributed by atoms with Crippen molar-refractivity contribution < 1.29 is 4.74 Å². The van der Waals surface area contributed by atoms with Gasteiger partial charge >= 0.3 is 0 Å². The highest BCUT2D eigenvalue weighted by Crippen LogP contribution is 2.28. The molecule has 0 spiro atoms. The molecule has 0 bridgehead atoms. The fraction of sp³-hybridized carbons (Fsp3) is 0.733. The standard InChI is InChI=1S/C15H25N3O/c1-4-12-6-5-7-13(10-12)17-15-16-9-8-14(18-15)19-11(2)3/h8-9,11-13H,4-7,10H2,1-3H3,(H,16,17,18). The Hall–Kier alpha value is -1.32. The van der Waals surface area contributed by atoms with Crippen molar-refractivity contribution in [3.8, 4) is 5.88 Å². The van der Waals surface area contributed by atoms with E-state index in [4.69, 9.17) is 4.74 Å². The molecule has 0 aromatic carbocycles. The second-order valence-electron chi connectivity index (χ2n) is 5.67. The highest BCUT2D eigenvalue weighted by molar-refractivity contribution is 5.29. The summed E-state index contributed by atoms with van der Waals surface area (Å²) in [6.45, 7) is 6.28. The molecular weight excluding hydrogens is 238 g/mol. The predicted molar refractivity (Wildman–Crippen MR) is 77.5 cm³/mol. The van der Waals surface area contributed by atoms with E-state index in [0.717, 1.165) is 5.92 Å². The van der Waals surface area contributed by atoms with Gasteiger partial charge in [-0.15, -0.1) is 0 Å². The average Bonchev–Trinajstić information content (AvgIpc) is 2.38. The maximum absolute atomic E-state index is 5.60. The van der Waals surface area contributed by atoms with E-state index in [0.29, 0.717) is 17.9 Å². The van der Waals surface area contributed by atoms with Crippen LogP contribution in [-0.2, 0) is 0 Å². The first-order valence-corrected chi connectivity index (χ1v) is 7.43. The van der Waals surface area contributed by atoms with Crippen LogP contribution in [0.5, 0.6) is 5.88 Å². The van der Waals surface area contributed by atoms with Crippen LogP contribution in [0.15, 0.2) is 12.3 Å². The summed E-state index contributed by atoms with van der Waals surface area (Å²) in [6, 6.07) is 2.31. The molecule has 1 aliphatic rings. The molecule has 2 rings (SSSR count). The molecule has 0 saturated heterocycles. The van der Waals surface area contributed by atoms with Crippen LogP contribution in [0.2, 0.25) is 0 Å². The largest absolute Gasteiger partial charge is 0.475 e. The SMILES string of the molecule is CCC1CCCC(Nc2nccc(OC(C)C)n2)C1. The van der Waals surface area contributed by atoms with Crippen LogP contribution in [0.25, 0.3) is 0 Å². The second-order valence-corrected chi connectivity index (χ2v) is 5.67. The van der Waals surface area contributed by atoms with Crippen molar-refractivity contribution in [2.75, 3.05) is 5.32 Å². The molecule has 1 aliphatic carbocycles. The zero-order valence-corrected chi connectivity index (χ0v) is 12.2. The van der Waals surface area contributed by atoms with E-state index in [1.165, 1.54) is 32.1 Å². The van der Waals surface area contributed by atoms with E-state index < -0.39 is 0 Å². The van der Waals surface area contributed by atoms with E-state index in [1.54, 1.807) is 12.3 Å². The van der Waals surface area contributed by atoms with Crippen molar-refractivity contribution in [3.63, 3.8) is 0 Å². The Morgan fingerprint density at radius 3 is 3.00 bits per heavy atom. The molecule has 0 aliphatic heterocycles. The number of hydrogen-bond donors (Lipinski definition) is 1. The summed E-state index contributed by atoms with van der Waals surface area (Å²) < 4.78 is 5.60. The van der Waals surface area contributed by atoms with Gasteiger partial charge in [-0.25, -0.2) is 4.98 Å². The van der Waals surface area contributed by atoms with Gasteiger partial charge in [-0.05, 0) is 32.6 Å². The second kappa shape index (κ2) is 6.73. The summed E-state index contributed by atoms with van der Waals surface area (Å²) in [4.78, 5) is 8.70. The molecule has 1 saturated carbocycles. The molecule has 4 nitrogen and oxygen atoms in total. The van der Waals surface area contributed by atoms with E-state index in [-0.39, 0.29) is 6.10 Å². The summed E-state index contributed by atoms with van der Waals surface area (Å²) in [5.74, 6) is 2.19. The number of rotatable bonds is 5. The lowest BCUT2D eigenvalue weighted by Crippen LogP contribution is -2.28. The first-order valence-electron chi connectivity index (χ1n) is 7.43. The lowest BCUT2D eigenvalue weighted by atomic mass is 9.84. The van der Waals surface area contributed by atoms with Crippen molar-refractivity contribution in [2.45, 2.75) is 65.0 Å². The minimum absolute atomic E-state index is 0.141. The monoisotopic (exact) mass is 263 g/mol. The van der Waals surface area contributed by atoms with Gasteiger partial charge in [0, 0.05) is 18.3 Å². The summed E-state index contributed by atoms with van der Waals surface area (Å²) >= 11 is 0. The minimum Gasteiger partial charge on any atom is -0.475 e. The van der Waals surface area contributed by atoms with Crippen LogP contribution < -0.4 is 10.1 Å². The Kier molecular flexibility index (Phi) is 5.00. The maximum atomic E-state index is 5.60. The molecular formula is C15H25N3O. The molecule has 4 heteroatoms. The van der Waals surface area contributed by atoms with Crippen molar-refractivity contribution in [1.29, 1.82) is 0 Å². The molecule has 19 heavy (non-hydrogen) atoms. The lowest BCUT2D eigenvalue weighted by Gasteiger charge is -2.29. The third-order valence-corrected chi connectivity index (χ3v) is 3.68. The minimum atomic E-state index is 0.141. The van der Waals surface area contributed by atoms with Crippen LogP contribution in [0, 0.1) is 5.92 Å². The number of nitrogens with one attached hydrogen (secondary N) is 1. The molecule has 0 radical (unpaired) electrons. The normalized spacial score (nSPS) is 23.4. The van der Waals surface area contributed by atoms with E-state index in [1.807, 2.05) is 13.8 Å². The van der Waals surface area contributed by atoms with Gasteiger partial charge in [-0.2, -0.15) is 4.98 Å². The third-order valence-electron chi connectivity index (χ3n) is 3.68. The number of hydrogen-bond acceptors (Lipinski definition) is 4. The number of ether oxygens (including phenoxy) is 1. The van der Waals surface area contributed by atoms with Crippen molar-refractivity contribution >= 4 is 5.95 Å². The fourth-order valence-electron chi connectivity index (χ4n) is 2.69. The molecule has 1 fully saturated rings. The highest BCUT2D eigenvalue weighted by atomic mass is 16.5. The summed E-state index contributed by atoms with van der Waals surface area (Å²) in [5.41, 5.74) is 0. The van der Waals surface area contributed by atoms with E-state index >= 15 is 0 Å². The molecule has 1 aromatic heterocycles. The van der Waals surface area contributed by atoms with E-state index in [9.17, 15) is 0 Å². The summed E-state index contributed by atoms with van der Waals surface area (Å²) in [5, 5.41) is 3.46. The van der Waals surface area contributed by atoms with Gasteiger partial charge in [0.1, 0.15) is 0 Å². The Morgan fingerprint density at radius 1 is 1.42 bits per heavy atom. The van der Waals surface area contributed by atoms with Crippen LogP contribution in [0.4, 0.5) is 5.95 Å². The van der Waals surface area contributed by atoms with Crippen LogP contribution >= 0.6 is 0 Å². The van der Waals surface area contributed by atoms with Gasteiger partial charge in [-0.1, -0.05) is 26.2 Å². The Morgan fingerprint density at radius 2 is 2.26 bits per heavy atom. The number of nitrogens with zero attached hydrogens (tertiary/aromatic N) is 2. The smallest absolute Gasteiger partial charge is 0.226 e. The van der Waals surface area contributed by atoms with Crippen LogP contribution in [-0.4, -0.2) is 22.1 Å². The Balaban J connectivity index is 1.94. The Bertz CT molecular complexity index is 395. The molecule has 0 amide bonds. The van der Waals surface area contributed by atoms with Gasteiger partial charge < -0.3 is 10.1 Å². The van der Waals surface area contributed by atoms with Crippen molar-refractivity contribution in [3.05, 3.63) is 12.3 Å². The fourth-order valence-corrected chi connectivity index (χ4v) is 2.69. The van der Waals surface area contributed by atoms with Crippen LogP contribution in [0.3, 0.4) is 0 Å². The molecule has 2 unspecified atom stereocenters. The highest BCUT2D eigenvalue weighted by Gasteiger charge is 2.21. The zero-order chi connectivity index (χ0) is 13.7. The number of anilines is 1. The third kappa shape index (κ3) is 4.37. The molecule has 106 valence electrons. The van der Waals surface area contributed by atoms with Crippen molar-refractivity contribution in [2.24, 2.45) is 5.92 Å². The molecule has 1 heterocycles. The Labute approximate surface area is 116 Å². The van der Waals surface area contributed by atoms with Gasteiger partial charge in [-0.3, -0.25) is 0 Å². The lowest BCUT2D eigenvalue weighted by molar-refractivity contribution is 0.232. The summed E-state index contributed by atoms with van der Waals surface area (Å²) in [7, 11) is 0. The molecule has 1 N–H and O–H groups in total. The van der Waals surface area contributed by atoms with Gasteiger partial charge in [0.2, 0.25) is 11.8 Å². The summed E-state index contributed by atoms with van der Waals surface area (Å²) in [6.07, 6.45) is 8.29. The predicted octanol–water partition coefficient (Wildman–Crippen LogP) is 3.64. The van der Waals surface area contributed by atoms with Gasteiger partial charge in [0.25, 0.3) is 0 Å². The molecule has 2 atom stereocenters. The van der Waals surface area contributed by atoms with Crippen molar-refractivity contribution in [1.82, 2.24) is 9.97 Å². The quantitative estimate of drug-likeness (QED) is 0.881. The zero-order valence-electron chi connectivity index (χ0n) is 12.2. The van der Waals surface area contributed by atoms with Gasteiger partial charge in [0.05, 0.1) is 6.10 Å².